The molecule has 0 bridgehead atoms. The number of amides is 1. The standard InChI is InChI=1S/C14H16F2N2O2S/c15-14(16)20-11-3-1-2-9(8-11)13(19)18(10-4-5-10)7-6-12(17)21/h1-3,8,10,14H,4-7H2,(H2,17,21). The van der Waals surface area contributed by atoms with Crippen LogP contribution in [0.4, 0.5) is 8.78 Å². The van der Waals surface area contributed by atoms with Gasteiger partial charge in [0.25, 0.3) is 5.91 Å². The van der Waals surface area contributed by atoms with Crippen LogP contribution in [-0.2, 0) is 0 Å². The van der Waals surface area contributed by atoms with Crippen molar-refractivity contribution in [3.8, 4) is 5.75 Å². The number of nitrogens with two attached hydrogens (primary N) is 1. The summed E-state index contributed by atoms with van der Waals surface area (Å²) >= 11 is 4.83. The van der Waals surface area contributed by atoms with Gasteiger partial charge < -0.3 is 15.4 Å². The van der Waals surface area contributed by atoms with Crippen molar-refractivity contribution >= 4 is 23.1 Å². The van der Waals surface area contributed by atoms with Gasteiger partial charge in [0.2, 0.25) is 0 Å². The molecule has 0 aromatic heterocycles. The quantitative estimate of drug-likeness (QED) is 0.786. The van der Waals surface area contributed by atoms with Crippen molar-refractivity contribution in [3.05, 3.63) is 29.8 Å². The molecule has 0 spiro atoms. The maximum Gasteiger partial charge on any atom is 0.387 e. The number of benzene rings is 1. The van der Waals surface area contributed by atoms with E-state index in [-0.39, 0.29) is 17.7 Å². The maximum atomic E-state index is 12.5. The topological polar surface area (TPSA) is 55.6 Å². The molecule has 1 aliphatic carbocycles. The number of carbonyl (C=O) groups excluding carboxylic acids is 1. The van der Waals surface area contributed by atoms with Crippen LogP contribution in [0.15, 0.2) is 24.3 Å². The van der Waals surface area contributed by atoms with E-state index in [1.165, 1.54) is 18.2 Å². The summed E-state index contributed by atoms with van der Waals surface area (Å²) in [5, 5.41) is 0. The Hall–Kier alpha value is -1.76. The molecule has 1 aromatic rings. The Morgan fingerprint density at radius 2 is 2.19 bits per heavy atom. The van der Waals surface area contributed by atoms with E-state index in [1.54, 1.807) is 11.0 Å². The van der Waals surface area contributed by atoms with Crippen LogP contribution in [-0.4, -0.2) is 35.0 Å². The van der Waals surface area contributed by atoms with Crippen molar-refractivity contribution in [1.82, 2.24) is 4.90 Å². The van der Waals surface area contributed by atoms with Crippen LogP contribution in [0.5, 0.6) is 5.75 Å². The third-order valence-corrected chi connectivity index (χ3v) is 3.36. The number of ether oxygens (including phenoxy) is 1. The Bertz CT molecular complexity index is 535. The van der Waals surface area contributed by atoms with Gasteiger partial charge in [0.05, 0.1) is 4.99 Å². The van der Waals surface area contributed by atoms with Crippen LogP contribution in [0, 0.1) is 0 Å². The molecule has 1 amide bonds. The van der Waals surface area contributed by atoms with Crippen LogP contribution in [0.25, 0.3) is 0 Å². The van der Waals surface area contributed by atoms with Crippen molar-refractivity contribution in [1.29, 1.82) is 0 Å². The minimum Gasteiger partial charge on any atom is -0.435 e. The largest absolute Gasteiger partial charge is 0.435 e. The Morgan fingerprint density at radius 1 is 1.48 bits per heavy atom. The second-order valence-corrected chi connectivity index (χ2v) is 5.38. The summed E-state index contributed by atoms with van der Waals surface area (Å²) in [6.07, 6.45) is 2.33. The monoisotopic (exact) mass is 314 g/mol. The zero-order valence-electron chi connectivity index (χ0n) is 11.3. The van der Waals surface area contributed by atoms with Gasteiger partial charge in [0.15, 0.2) is 0 Å². The lowest BCUT2D eigenvalue weighted by molar-refractivity contribution is -0.0499. The summed E-state index contributed by atoms with van der Waals surface area (Å²) in [4.78, 5) is 14.5. The zero-order chi connectivity index (χ0) is 15.4. The second kappa shape index (κ2) is 6.80. The first kappa shape index (κ1) is 15.6. The number of carbonyl (C=O) groups is 1. The van der Waals surface area contributed by atoms with Gasteiger partial charge in [0.1, 0.15) is 5.75 Å². The summed E-state index contributed by atoms with van der Waals surface area (Å²) in [6, 6.07) is 6.00. The number of nitrogens with zero attached hydrogens (tertiary/aromatic N) is 1. The second-order valence-electron chi connectivity index (χ2n) is 4.85. The third-order valence-electron chi connectivity index (χ3n) is 3.15. The average Bonchev–Trinajstić information content (AvgIpc) is 3.22. The lowest BCUT2D eigenvalue weighted by Crippen LogP contribution is -2.35. The molecule has 1 aliphatic rings. The van der Waals surface area contributed by atoms with Gasteiger partial charge in [-0.05, 0) is 31.0 Å². The molecule has 1 aromatic carbocycles. The molecule has 4 nitrogen and oxygen atoms in total. The van der Waals surface area contributed by atoms with E-state index >= 15 is 0 Å². The Kier molecular flexibility index (Phi) is 5.06. The van der Waals surface area contributed by atoms with Crippen LogP contribution >= 0.6 is 12.2 Å². The zero-order valence-corrected chi connectivity index (χ0v) is 12.1. The minimum absolute atomic E-state index is 0.0269. The molecule has 0 heterocycles. The van der Waals surface area contributed by atoms with E-state index in [2.05, 4.69) is 4.74 Å². The molecule has 2 rings (SSSR count). The smallest absolute Gasteiger partial charge is 0.387 e. The van der Waals surface area contributed by atoms with Crippen LogP contribution in [0.1, 0.15) is 29.6 Å². The molecule has 1 saturated carbocycles. The number of alkyl halides is 2. The van der Waals surface area contributed by atoms with E-state index in [4.69, 9.17) is 18.0 Å². The molecule has 0 aliphatic heterocycles. The highest BCUT2D eigenvalue weighted by Gasteiger charge is 2.32. The lowest BCUT2D eigenvalue weighted by atomic mass is 10.1. The van der Waals surface area contributed by atoms with Crippen molar-refractivity contribution in [2.24, 2.45) is 5.73 Å². The third kappa shape index (κ3) is 4.63. The fourth-order valence-corrected chi connectivity index (χ4v) is 2.13. The predicted molar refractivity (Wildman–Crippen MR) is 78.5 cm³/mol. The SMILES string of the molecule is NC(=S)CCN(C(=O)c1cccc(OC(F)F)c1)C1CC1. The van der Waals surface area contributed by atoms with Gasteiger partial charge in [-0.15, -0.1) is 0 Å². The molecular weight excluding hydrogens is 298 g/mol. The number of hydrogen-bond donors (Lipinski definition) is 1. The van der Waals surface area contributed by atoms with Gasteiger partial charge in [-0.25, -0.2) is 0 Å². The lowest BCUT2D eigenvalue weighted by Gasteiger charge is -2.22. The molecule has 0 atom stereocenters. The van der Waals surface area contributed by atoms with E-state index in [0.29, 0.717) is 23.5 Å². The number of hydrogen-bond acceptors (Lipinski definition) is 3. The molecular formula is C14H16F2N2O2S. The first-order valence-electron chi connectivity index (χ1n) is 6.61. The van der Waals surface area contributed by atoms with Crippen molar-refractivity contribution in [3.63, 3.8) is 0 Å². The van der Waals surface area contributed by atoms with E-state index in [9.17, 15) is 13.6 Å². The molecule has 0 radical (unpaired) electrons. The highest BCUT2D eigenvalue weighted by Crippen LogP contribution is 2.29. The van der Waals surface area contributed by atoms with E-state index in [1.807, 2.05) is 0 Å². The van der Waals surface area contributed by atoms with Crippen molar-refractivity contribution in [2.75, 3.05) is 6.54 Å². The molecule has 2 N–H and O–H groups in total. The van der Waals surface area contributed by atoms with Gasteiger partial charge >= 0.3 is 6.61 Å². The van der Waals surface area contributed by atoms with Crippen molar-refractivity contribution in [2.45, 2.75) is 31.9 Å². The minimum atomic E-state index is -2.91. The predicted octanol–water partition coefficient (Wildman–Crippen LogP) is 2.57. The van der Waals surface area contributed by atoms with Gasteiger partial charge in [-0.1, -0.05) is 18.3 Å². The van der Waals surface area contributed by atoms with Crippen LogP contribution < -0.4 is 10.5 Å². The summed E-state index contributed by atoms with van der Waals surface area (Å²) in [7, 11) is 0. The molecule has 0 saturated heterocycles. The fraction of sp³-hybridized carbons (Fsp3) is 0.429. The van der Waals surface area contributed by atoms with Crippen LogP contribution in [0.2, 0.25) is 0 Å². The van der Waals surface area contributed by atoms with E-state index in [0.717, 1.165) is 12.8 Å². The summed E-state index contributed by atoms with van der Waals surface area (Å²) in [6.45, 7) is -2.47. The Balaban J connectivity index is 2.10. The maximum absolute atomic E-state index is 12.5. The van der Waals surface area contributed by atoms with Gasteiger partial charge in [0, 0.05) is 24.6 Å². The van der Waals surface area contributed by atoms with Crippen molar-refractivity contribution < 1.29 is 18.3 Å². The molecule has 1 fully saturated rings. The first-order chi connectivity index (χ1) is 9.97. The van der Waals surface area contributed by atoms with Crippen LogP contribution in [0.3, 0.4) is 0 Å². The Labute approximate surface area is 126 Å². The molecule has 7 heteroatoms. The average molecular weight is 314 g/mol. The number of rotatable bonds is 7. The summed E-state index contributed by atoms with van der Waals surface area (Å²) in [5.74, 6) is -0.241. The summed E-state index contributed by atoms with van der Waals surface area (Å²) in [5.41, 5.74) is 5.79. The van der Waals surface area contributed by atoms with Gasteiger partial charge in [-0.2, -0.15) is 8.78 Å². The van der Waals surface area contributed by atoms with E-state index < -0.39 is 6.61 Å². The molecule has 21 heavy (non-hydrogen) atoms. The Morgan fingerprint density at radius 3 is 2.76 bits per heavy atom. The molecule has 0 unspecified atom stereocenters. The first-order valence-corrected chi connectivity index (χ1v) is 7.02. The number of halogens is 2. The highest BCUT2D eigenvalue weighted by molar-refractivity contribution is 7.80. The highest BCUT2D eigenvalue weighted by atomic mass is 32.1. The number of thiocarbonyl (C=S) groups is 1. The normalized spacial score (nSPS) is 14.0. The van der Waals surface area contributed by atoms with Gasteiger partial charge in [-0.3, -0.25) is 4.79 Å². The fourth-order valence-electron chi connectivity index (χ4n) is 2.04. The summed E-state index contributed by atoms with van der Waals surface area (Å²) < 4.78 is 28.7. The molecule has 114 valence electrons.